The fourth-order valence-corrected chi connectivity index (χ4v) is 6.05. The first-order chi connectivity index (χ1) is 27.3. The Balaban J connectivity index is 0.000000338. The van der Waals surface area contributed by atoms with Crippen molar-refractivity contribution in [3.05, 3.63) is 71.8 Å². The normalized spacial score (nSPS) is 14.3. The van der Waals surface area contributed by atoms with Crippen molar-refractivity contribution in [3.63, 3.8) is 0 Å². The second kappa shape index (κ2) is 20.0. The number of rotatable bonds is 9. The molecule has 19 heteroatoms. The molecule has 1 unspecified atom stereocenters. The second-order valence-electron chi connectivity index (χ2n) is 15.9. The van der Waals surface area contributed by atoms with Crippen LogP contribution in [0.3, 0.4) is 0 Å². The molecule has 1 fully saturated rings. The SMILES string of the molecule is CC(C)(C)OC(=O)CCCSC1CC(=O)N(c2ccc(C(=O)NNC(=O)OC(C)(C)C)cc2)C1=O.CC(C)(C)OC(=O)N=NC(=O)c1ccc(-n2c(O)ccc2O)cc1. The predicted octanol–water partition coefficient (Wildman–Crippen LogP) is 6.76. The number of nitrogens with one attached hydrogen (secondary N) is 2. The number of aromatic hydroxyl groups is 2. The molecule has 318 valence electrons. The molecule has 0 radical (unpaired) electrons. The maximum atomic E-state index is 12.8. The van der Waals surface area contributed by atoms with Gasteiger partial charge in [-0.15, -0.1) is 11.8 Å². The van der Waals surface area contributed by atoms with Gasteiger partial charge in [-0.2, -0.15) is 0 Å². The molecule has 0 bridgehead atoms. The van der Waals surface area contributed by atoms with E-state index < -0.39 is 46.1 Å². The van der Waals surface area contributed by atoms with Gasteiger partial charge in [0, 0.05) is 36.1 Å². The Morgan fingerprint density at radius 3 is 1.78 bits per heavy atom. The summed E-state index contributed by atoms with van der Waals surface area (Å²) in [4.78, 5) is 85.3. The number of hydrogen-bond acceptors (Lipinski definition) is 13. The minimum Gasteiger partial charge on any atom is -0.494 e. The highest BCUT2D eigenvalue weighted by Crippen LogP contribution is 2.31. The number of thioether (sulfide) groups is 1. The zero-order valence-electron chi connectivity index (χ0n) is 34.4. The summed E-state index contributed by atoms with van der Waals surface area (Å²) in [5, 5.41) is 25.3. The van der Waals surface area contributed by atoms with Crippen LogP contribution in [-0.2, 0) is 28.6 Å². The van der Waals surface area contributed by atoms with Gasteiger partial charge in [-0.05, 0) is 123 Å². The molecule has 1 aliphatic rings. The van der Waals surface area contributed by atoms with Crippen molar-refractivity contribution >= 4 is 59.2 Å². The molecule has 1 saturated heterocycles. The largest absolute Gasteiger partial charge is 0.494 e. The quantitative estimate of drug-likeness (QED) is 0.0435. The van der Waals surface area contributed by atoms with Crippen LogP contribution in [0.25, 0.3) is 5.69 Å². The zero-order chi connectivity index (χ0) is 44.3. The summed E-state index contributed by atoms with van der Waals surface area (Å²) in [6.45, 7) is 15.5. The van der Waals surface area contributed by atoms with Gasteiger partial charge in [-0.3, -0.25) is 34.0 Å². The number of benzene rings is 2. The molecule has 2 aromatic carbocycles. The Kier molecular flexibility index (Phi) is 15.9. The lowest BCUT2D eigenvalue weighted by molar-refractivity contribution is -0.154. The van der Waals surface area contributed by atoms with Gasteiger partial charge in [0.2, 0.25) is 11.8 Å². The molecule has 59 heavy (non-hydrogen) atoms. The molecule has 0 spiro atoms. The van der Waals surface area contributed by atoms with E-state index in [0.29, 0.717) is 23.5 Å². The fourth-order valence-electron chi connectivity index (χ4n) is 4.95. The second-order valence-corrected chi connectivity index (χ2v) is 17.2. The number of nitrogens with zero attached hydrogens (tertiary/aromatic N) is 4. The van der Waals surface area contributed by atoms with Gasteiger partial charge in [-0.1, -0.05) is 10.2 Å². The van der Waals surface area contributed by atoms with E-state index in [2.05, 4.69) is 21.1 Å². The molecule has 18 nitrogen and oxygen atoms in total. The first kappa shape index (κ1) is 47.1. The van der Waals surface area contributed by atoms with E-state index in [1.807, 2.05) is 0 Å². The number of anilines is 1. The average Bonchev–Trinajstić information content (AvgIpc) is 3.61. The molecule has 1 aliphatic heterocycles. The van der Waals surface area contributed by atoms with Gasteiger partial charge < -0.3 is 24.4 Å². The molecule has 0 aliphatic carbocycles. The molecular formula is C40H50N6O12S. The van der Waals surface area contributed by atoms with Crippen molar-refractivity contribution in [3.8, 4) is 17.4 Å². The highest BCUT2D eigenvalue weighted by atomic mass is 32.2. The number of aromatic nitrogens is 1. The Hall–Kier alpha value is -6.24. The number of imide groups is 1. The third-order valence-electron chi connectivity index (χ3n) is 7.26. The highest BCUT2D eigenvalue weighted by molar-refractivity contribution is 8.00. The minimum absolute atomic E-state index is 0.0674. The van der Waals surface area contributed by atoms with Crippen LogP contribution in [0.4, 0.5) is 15.3 Å². The molecule has 2 heterocycles. The van der Waals surface area contributed by atoms with E-state index >= 15 is 0 Å². The van der Waals surface area contributed by atoms with E-state index in [4.69, 9.17) is 14.2 Å². The van der Waals surface area contributed by atoms with Gasteiger partial charge >= 0.3 is 18.2 Å². The fraction of sp³-hybridized carbons (Fsp3) is 0.425. The molecule has 3 aromatic rings. The van der Waals surface area contributed by atoms with Crippen molar-refractivity contribution in [2.75, 3.05) is 10.7 Å². The first-order valence-electron chi connectivity index (χ1n) is 18.3. The summed E-state index contributed by atoms with van der Waals surface area (Å²) in [5.41, 5.74) is 3.65. The zero-order valence-corrected chi connectivity index (χ0v) is 35.2. The van der Waals surface area contributed by atoms with Crippen molar-refractivity contribution in [1.82, 2.24) is 15.4 Å². The maximum absolute atomic E-state index is 12.8. The van der Waals surface area contributed by atoms with Crippen molar-refractivity contribution in [2.45, 2.75) is 104 Å². The van der Waals surface area contributed by atoms with Crippen molar-refractivity contribution in [2.24, 2.45) is 10.2 Å². The van der Waals surface area contributed by atoms with Gasteiger partial charge in [0.1, 0.15) is 16.8 Å². The van der Waals surface area contributed by atoms with Crippen molar-refractivity contribution < 1.29 is 58.0 Å². The van der Waals surface area contributed by atoms with E-state index in [-0.39, 0.29) is 53.5 Å². The number of azo groups is 1. The van der Waals surface area contributed by atoms with E-state index in [0.717, 1.165) is 4.90 Å². The lowest BCUT2D eigenvalue weighted by atomic mass is 10.2. The number of hydrogen-bond donors (Lipinski definition) is 4. The van der Waals surface area contributed by atoms with Crippen LogP contribution >= 0.6 is 11.8 Å². The number of carbonyl (C=O) groups excluding carboxylic acids is 7. The number of carbonyl (C=O) groups is 7. The molecule has 4 rings (SSSR count). The van der Waals surface area contributed by atoms with E-state index in [1.54, 1.807) is 62.3 Å². The maximum Gasteiger partial charge on any atom is 0.453 e. The molecule has 4 N–H and O–H groups in total. The monoisotopic (exact) mass is 838 g/mol. The van der Waals surface area contributed by atoms with Crippen LogP contribution in [-0.4, -0.2) is 84.4 Å². The Morgan fingerprint density at radius 1 is 0.712 bits per heavy atom. The summed E-state index contributed by atoms with van der Waals surface area (Å²) in [5.74, 6) is -2.00. The summed E-state index contributed by atoms with van der Waals surface area (Å²) in [6, 6.07) is 14.4. The topological polar surface area (TPSA) is 245 Å². The molecule has 1 atom stereocenters. The van der Waals surface area contributed by atoms with Crippen LogP contribution in [0.15, 0.2) is 70.9 Å². The van der Waals surface area contributed by atoms with Crippen LogP contribution in [0, 0.1) is 0 Å². The van der Waals surface area contributed by atoms with Gasteiger partial charge in [0.15, 0.2) is 11.8 Å². The van der Waals surface area contributed by atoms with Crippen molar-refractivity contribution in [1.29, 1.82) is 0 Å². The van der Waals surface area contributed by atoms with Gasteiger partial charge in [0.05, 0.1) is 16.6 Å². The smallest absolute Gasteiger partial charge is 0.453 e. The highest BCUT2D eigenvalue weighted by Gasteiger charge is 2.39. The summed E-state index contributed by atoms with van der Waals surface area (Å²) in [7, 11) is 0. The Labute approximate surface area is 345 Å². The number of hydrazine groups is 1. The average molecular weight is 839 g/mol. The van der Waals surface area contributed by atoms with Crippen LogP contribution in [0.1, 0.15) is 102 Å². The summed E-state index contributed by atoms with van der Waals surface area (Å²) in [6.07, 6.45) is -0.897. The predicted molar refractivity (Wildman–Crippen MR) is 216 cm³/mol. The lowest BCUT2D eigenvalue weighted by Crippen LogP contribution is -2.44. The molecule has 1 aromatic heterocycles. The Morgan fingerprint density at radius 2 is 1.24 bits per heavy atom. The number of ether oxygens (including phenoxy) is 3. The third-order valence-corrected chi connectivity index (χ3v) is 8.56. The summed E-state index contributed by atoms with van der Waals surface area (Å²) >= 11 is 1.34. The van der Waals surface area contributed by atoms with Crippen LogP contribution in [0.2, 0.25) is 0 Å². The lowest BCUT2D eigenvalue weighted by Gasteiger charge is -2.20. The number of esters is 1. The Bertz CT molecular complexity index is 2020. The van der Waals surface area contributed by atoms with E-state index in [9.17, 15) is 43.8 Å². The van der Waals surface area contributed by atoms with E-state index in [1.165, 1.54) is 77.0 Å². The molecular weight excluding hydrogens is 789 g/mol. The molecule has 0 saturated carbocycles. The first-order valence-corrected chi connectivity index (χ1v) is 19.4. The molecule has 6 amide bonds. The van der Waals surface area contributed by atoms with Crippen LogP contribution < -0.4 is 15.8 Å². The minimum atomic E-state index is -0.949. The summed E-state index contributed by atoms with van der Waals surface area (Å²) < 4.78 is 16.4. The standard InChI is InChI=1S/C24H33N3O7S.C16H17N3O5/c1-23(2,3)33-19(29)8-7-13-35-17-14-18(28)27(21(17)31)16-11-9-15(10-12-16)20(30)25-26-22(32)34-24(4,5)6;1-16(2,3)24-15(23)18-17-14(22)10-4-6-11(7-5-10)19-12(20)8-9-13(19)21/h9-12,17H,7-8,13-14H2,1-6H3,(H,25,30)(H,26,32);4-9,20-21H,1-3H3. The number of amides is 6. The van der Waals surface area contributed by atoms with Gasteiger partial charge in [0.25, 0.3) is 11.8 Å². The van der Waals surface area contributed by atoms with Crippen LogP contribution in [0.5, 0.6) is 11.8 Å². The van der Waals surface area contributed by atoms with Gasteiger partial charge in [-0.25, -0.2) is 19.9 Å². The third kappa shape index (κ3) is 15.6.